The molecule has 1 heterocycles. The molecule has 0 radical (unpaired) electrons. The molecule has 0 aliphatic rings. The van der Waals surface area contributed by atoms with Gasteiger partial charge in [0.1, 0.15) is 0 Å². The normalized spacial score (nSPS) is 14.9. The lowest BCUT2D eigenvalue weighted by Gasteiger charge is -2.30. The van der Waals surface area contributed by atoms with E-state index >= 15 is 0 Å². The lowest BCUT2D eigenvalue weighted by Crippen LogP contribution is -2.53. The Morgan fingerprint density at radius 3 is 2.11 bits per heavy atom. The largest absolute Gasteiger partial charge is 0.402 e. The zero-order valence-corrected chi connectivity index (χ0v) is 10.4. The van der Waals surface area contributed by atoms with Crippen molar-refractivity contribution in [2.75, 3.05) is 0 Å². The van der Waals surface area contributed by atoms with E-state index in [2.05, 4.69) is 0 Å². The molecule has 0 spiro atoms. The molecule has 0 amide bonds. The summed E-state index contributed by atoms with van der Waals surface area (Å²) in [7, 11) is 0. The molecule has 0 saturated carbocycles. The van der Waals surface area contributed by atoms with Crippen molar-refractivity contribution < 1.29 is 26.3 Å². The third-order valence-corrected chi connectivity index (χ3v) is 3.38. The van der Waals surface area contributed by atoms with E-state index in [1.165, 1.54) is 11.3 Å². The van der Waals surface area contributed by atoms with E-state index in [4.69, 9.17) is 5.84 Å². The predicted octanol–water partition coefficient (Wildman–Crippen LogP) is 3.25. The molecule has 110 valence electrons. The summed E-state index contributed by atoms with van der Waals surface area (Å²) in [5.41, 5.74) is 2.33. The van der Waals surface area contributed by atoms with E-state index in [0.717, 1.165) is 0 Å². The molecule has 19 heavy (non-hydrogen) atoms. The van der Waals surface area contributed by atoms with E-state index < -0.39 is 24.3 Å². The van der Waals surface area contributed by atoms with Crippen LogP contribution in [0.1, 0.15) is 12.0 Å². The van der Waals surface area contributed by atoms with Crippen LogP contribution < -0.4 is 11.3 Å². The predicted molar refractivity (Wildman–Crippen MR) is 59.4 cm³/mol. The average molecular weight is 306 g/mol. The summed E-state index contributed by atoms with van der Waals surface area (Å²) in [6.45, 7) is 0. The second kappa shape index (κ2) is 6.10. The van der Waals surface area contributed by atoms with E-state index in [9.17, 15) is 26.3 Å². The number of hydrogen-bond donors (Lipinski definition) is 2. The van der Waals surface area contributed by atoms with Crippen molar-refractivity contribution in [2.24, 2.45) is 11.8 Å². The Morgan fingerprint density at radius 2 is 1.74 bits per heavy atom. The first kappa shape index (κ1) is 16.3. The number of hydrogen-bond acceptors (Lipinski definition) is 3. The fraction of sp³-hybridized carbons (Fsp3) is 0.600. The van der Waals surface area contributed by atoms with Crippen molar-refractivity contribution in [1.29, 1.82) is 0 Å². The quantitative estimate of drug-likeness (QED) is 0.498. The van der Waals surface area contributed by atoms with Gasteiger partial charge >= 0.3 is 12.4 Å². The Hall–Kier alpha value is -0.800. The van der Waals surface area contributed by atoms with Crippen LogP contribution in [0.15, 0.2) is 16.8 Å². The van der Waals surface area contributed by atoms with Gasteiger partial charge < -0.3 is 0 Å². The standard InChI is InChI=1S/C10H12F6N2S/c11-9(12,13)8(10(14,15)16)7(18-17)2-1-6-3-4-19-5-6/h3-5,7-8,18H,1-2,17H2. The van der Waals surface area contributed by atoms with Crippen molar-refractivity contribution in [2.45, 2.75) is 31.2 Å². The number of hydrazine groups is 1. The van der Waals surface area contributed by atoms with Gasteiger partial charge in [-0.05, 0) is 35.2 Å². The summed E-state index contributed by atoms with van der Waals surface area (Å²) in [5, 5.41) is 3.37. The molecule has 1 atom stereocenters. The second-order valence-corrected chi connectivity index (χ2v) is 4.78. The number of nitrogens with two attached hydrogens (primary N) is 1. The van der Waals surface area contributed by atoms with E-state index in [1.54, 1.807) is 22.3 Å². The van der Waals surface area contributed by atoms with Crippen molar-refractivity contribution in [1.82, 2.24) is 5.43 Å². The Labute approximate surface area is 109 Å². The second-order valence-electron chi connectivity index (χ2n) is 4.00. The minimum absolute atomic E-state index is 0.0982. The number of alkyl halides is 6. The maximum atomic E-state index is 12.5. The number of aryl methyl sites for hydroxylation is 1. The van der Waals surface area contributed by atoms with Gasteiger partial charge in [0.2, 0.25) is 0 Å². The third-order valence-electron chi connectivity index (χ3n) is 2.65. The van der Waals surface area contributed by atoms with E-state index in [1.807, 2.05) is 0 Å². The summed E-state index contributed by atoms with van der Waals surface area (Å²) >= 11 is 1.32. The van der Waals surface area contributed by atoms with Crippen LogP contribution in [0.5, 0.6) is 0 Å². The van der Waals surface area contributed by atoms with Gasteiger partial charge in [-0.15, -0.1) is 0 Å². The Balaban J connectivity index is 2.79. The first-order chi connectivity index (χ1) is 8.66. The van der Waals surface area contributed by atoms with Crippen LogP contribution in [0.2, 0.25) is 0 Å². The summed E-state index contributed by atoms with van der Waals surface area (Å²) in [6, 6.07) is -0.256. The van der Waals surface area contributed by atoms with Crippen LogP contribution in [-0.4, -0.2) is 18.4 Å². The highest BCUT2D eigenvalue weighted by Gasteiger charge is 2.59. The van der Waals surface area contributed by atoms with Crippen molar-refractivity contribution in [3.05, 3.63) is 22.4 Å². The summed E-state index contributed by atoms with van der Waals surface area (Å²) in [4.78, 5) is 0. The summed E-state index contributed by atoms with van der Waals surface area (Å²) in [5.74, 6) is 1.39. The zero-order chi connectivity index (χ0) is 14.7. The maximum absolute atomic E-state index is 12.5. The van der Waals surface area contributed by atoms with Gasteiger partial charge in [0, 0.05) is 6.04 Å². The molecule has 1 rings (SSSR count). The first-order valence-corrected chi connectivity index (χ1v) is 6.21. The molecule has 1 unspecified atom stereocenters. The average Bonchev–Trinajstić information content (AvgIpc) is 2.72. The van der Waals surface area contributed by atoms with Crippen molar-refractivity contribution >= 4 is 11.3 Å². The molecule has 0 aliphatic carbocycles. The van der Waals surface area contributed by atoms with Gasteiger partial charge in [-0.1, -0.05) is 0 Å². The number of nitrogens with one attached hydrogen (secondary N) is 1. The fourth-order valence-electron chi connectivity index (χ4n) is 1.75. The molecule has 0 saturated heterocycles. The molecule has 0 bridgehead atoms. The highest BCUT2D eigenvalue weighted by Crippen LogP contribution is 2.42. The van der Waals surface area contributed by atoms with Crippen molar-refractivity contribution in [3.8, 4) is 0 Å². The van der Waals surface area contributed by atoms with Gasteiger partial charge in [0.05, 0.1) is 0 Å². The smallest absolute Gasteiger partial charge is 0.271 e. The highest BCUT2D eigenvalue weighted by molar-refractivity contribution is 7.07. The minimum Gasteiger partial charge on any atom is -0.271 e. The number of rotatable bonds is 5. The molecule has 1 aromatic rings. The molecule has 0 aliphatic heterocycles. The SMILES string of the molecule is NNC(CCc1ccsc1)C(C(F)(F)F)C(F)(F)F. The zero-order valence-electron chi connectivity index (χ0n) is 9.55. The molecule has 0 aromatic carbocycles. The minimum atomic E-state index is -5.38. The Kier molecular flexibility index (Phi) is 5.22. The highest BCUT2D eigenvalue weighted by atomic mass is 32.1. The molecule has 3 N–H and O–H groups in total. The topological polar surface area (TPSA) is 38.0 Å². The fourth-order valence-corrected chi connectivity index (χ4v) is 2.45. The molecular weight excluding hydrogens is 294 g/mol. The van der Waals surface area contributed by atoms with Gasteiger partial charge in [-0.2, -0.15) is 37.7 Å². The lowest BCUT2D eigenvalue weighted by molar-refractivity contribution is -0.292. The number of thiophene rings is 1. The summed E-state index contributed by atoms with van der Waals surface area (Å²) < 4.78 is 75.0. The molecule has 0 fully saturated rings. The maximum Gasteiger partial charge on any atom is 0.402 e. The summed E-state index contributed by atoms with van der Waals surface area (Å²) in [6.07, 6.45) is -11.0. The van der Waals surface area contributed by atoms with Gasteiger partial charge in [-0.25, -0.2) is 0 Å². The van der Waals surface area contributed by atoms with Crippen LogP contribution >= 0.6 is 11.3 Å². The Bertz CT molecular complexity index is 358. The van der Waals surface area contributed by atoms with E-state index in [0.29, 0.717) is 5.56 Å². The third kappa shape index (κ3) is 4.66. The van der Waals surface area contributed by atoms with E-state index in [-0.39, 0.29) is 12.8 Å². The van der Waals surface area contributed by atoms with Crippen LogP contribution in [0.3, 0.4) is 0 Å². The monoisotopic (exact) mass is 306 g/mol. The van der Waals surface area contributed by atoms with Gasteiger partial charge in [0.15, 0.2) is 5.92 Å². The van der Waals surface area contributed by atoms with Crippen LogP contribution in [0.4, 0.5) is 26.3 Å². The molecular formula is C10H12F6N2S. The molecule has 2 nitrogen and oxygen atoms in total. The van der Waals surface area contributed by atoms with Crippen LogP contribution in [-0.2, 0) is 6.42 Å². The van der Waals surface area contributed by atoms with Crippen molar-refractivity contribution in [3.63, 3.8) is 0 Å². The van der Waals surface area contributed by atoms with Gasteiger partial charge in [0.25, 0.3) is 0 Å². The molecule has 1 aromatic heterocycles. The first-order valence-electron chi connectivity index (χ1n) is 5.27. The molecule has 9 heteroatoms. The lowest BCUT2D eigenvalue weighted by atomic mass is 9.93. The van der Waals surface area contributed by atoms with Crippen LogP contribution in [0.25, 0.3) is 0 Å². The Morgan fingerprint density at radius 1 is 1.16 bits per heavy atom. The van der Waals surface area contributed by atoms with Crippen LogP contribution in [0, 0.1) is 5.92 Å². The number of halogens is 6. The van der Waals surface area contributed by atoms with Gasteiger partial charge in [-0.3, -0.25) is 11.3 Å².